The van der Waals surface area contributed by atoms with Crippen LogP contribution in [-0.4, -0.2) is 54.0 Å². The van der Waals surface area contributed by atoms with Crippen molar-refractivity contribution in [2.24, 2.45) is 0 Å². The molecule has 1 saturated heterocycles. The molecule has 26 heavy (non-hydrogen) atoms. The first-order valence-corrected chi connectivity index (χ1v) is 8.87. The molecule has 138 valence electrons. The third-order valence-electron chi connectivity index (χ3n) is 4.63. The van der Waals surface area contributed by atoms with Crippen LogP contribution in [0.15, 0.2) is 47.5 Å². The molecule has 2 aromatic rings. The van der Waals surface area contributed by atoms with Crippen molar-refractivity contribution in [3.63, 3.8) is 0 Å². The molecule has 1 fully saturated rings. The fourth-order valence-electron chi connectivity index (χ4n) is 3.32. The van der Waals surface area contributed by atoms with Crippen LogP contribution in [0.3, 0.4) is 0 Å². The van der Waals surface area contributed by atoms with Gasteiger partial charge in [0.25, 0.3) is 5.56 Å². The van der Waals surface area contributed by atoms with E-state index in [1.807, 2.05) is 35.2 Å². The first-order valence-electron chi connectivity index (χ1n) is 8.87. The maximum absolute atomic E-state index is 12.7. The number of anilines is 1. The van der Waals surface area contributed by atoms with E-state index in [9.17, 15) is 9.59 Å². The van der Waals surface area contributed by atoms with Crippen LogP contribution >= 0.6 is 0 Å². The molecule has 1 aromatic heterocycles. The number of hydrogen-bond acceptors (Lipinski definition) is 5. The summed E-state index contributed by atoms with van der Waals surface area (Å²) >= 11 is 0. The molecule has 3 rings (SSSR count). The maximum atomic E-state index is 12.7. The molecule has 7 nitrogen and oxygen atoms in total. The number of nitrogens with zero attached hydrogens (tertiary/aromatic N) is 3. The molecule has 0 saturated carbocycles. The number of aromatic nitrogens is 2. The van der Waals surface area contributed by atoms with Gasteiger partial charge in [-0.25, -0.2) is 4.98 Å². The third kappa shape index (κ3) is 4.11. The van der Waals surface area contributed by atoms with Gasteiger partial charge in [-0.2, -0.15) is 0 Å². The van der Waals surface area contributed by atoms with Crippen molar-refractivity contribution in [3.05, 3.63) is 58.6 Å². The number of rotatable bonds is 5. The summed E-state index contributed by atoms with van der Waals surface area (Å²) in [7, 11) is 3.53. The second kappa shape index (κ2) is 8.14. The molecular weight excluding hydrogens is 330 g/mol. The Morgan fingerprint density at radius 3 is 2.81 bits per heavy atom. The number of amides is 1. The highest BCUT2D eigenvalue weighted by Crippen LogP contribution is 2.20. The number of piperidine rings is 1. The SMILES string of the molecule is CN(C)C(=O)[C@H](N[C@H]1CCCN(c2ncc[nH]c2=O)C1)c1ccccc1. The third-order valence-corrected chi connectivity index (χ3v) is 4.63. The Bertz CT molecular complexity index is 790. The summed E-state index contributed by atoms with van der Waals surface area (Å²) in [6, 6.07) is 9.43. The first kappa shape index (κ1) is 18.1. The van der Waals surface area contributed by atoms with E-state index in [2.05, 4.69) is 15.3 Å². The minimum atomic E-state index is -0.404. The van der Waals surface area contributed by atoms with Gasteiger partial charge < -0.3 is 14.8 Å². The van der Waals surface area contributed by atoms with Gasteiger partial charge in [0.15, 0.2) is 5.82 Å². The maximum Gasteiger partial charge on any atom is 0.290 e. The summed E-state index contributed by atoms with van der Waals surface area (Å²) in [4.78, 5) is 35.2. The first-order chi connectivity index (χ1) is 12.6. The molecule has 2 heterocycles. The molecular formula is C19H25N5O2. The Morgan fingerprint density at radius 2 is 2.12 bits per heavy atom. The van der Waals surface area contributed by atoms with E-state index in [0.717, 1.165) is 24.9 Å². The predicted octanol–water partition coefficient (Wildman–Crippen LogP) is 1.16. The normalized spacial score (nSPS) is 18.4. The van der Waals surface area contributed by atoms with Crippen molar-refractivity contribution in [1.29, 1.82) is 0 Å². The highest BCUT2D eigenvalue weighted by molar-refractivity contribution is 5.82. The largest absolute Gasteiger partial charge is 0.350 e. The number of likely N-dealkylation sites (N-methyl/N-ethyl adjacent to an activating group) is 1. The molecule has 0 spiro atoms. The van der Waals surface area contributed by atoms with Crippen LogP contribution in [0.5, 0.6) is 0 Å². The van der Waals surface area contributed by atoms with Crippen molar-refractivity contribution in [1.82, 2.24) is 20.2 Å². The number of carbonyl (C=O) groups is 1. The van der Waals surface area contributed by atoms with Crippen molar-refractivity contribution in [3.8, 4) is 0 Å². The number of H-pyrrole nitrogens is 1. The van der Waals surface area contributed by atoms with Crippen molar-refractivity contribution in [2.75, 3.05) is 32.1 Å². The van der Waals surface area contributed by atoms with Crippen molar-refractivity contribution >= 4 is 11.7 Å². The molecule has 2 atom stereocenters. The van der Waals surface area contributed by atoms with Gasteiger partial charge >= 0.3 is 0 Å². The molecule has 0 unspecified atom stereocenters. The van der Waals surface area contributed by atoms with Gasteiger partial charge in [-0.3, -0.25) is 14.9 Å². The Kier molecular flexibility index (Phi) is 5.68. The zero-order chi connectivity index (χ0) is 18.5. The fourth-order valence-corrected chi connectivity index (χ4v) is 3.32. The number of nitrogens with one attached hydrogen (secondary N) is 2. The van der Waals surface area contributed by atoms with Crippen LogP contribution in [0.4, 0.5) is 5.82 Å². The van der Waals surface area contributed by atoms with E-state index in [4.69, 9.17) is 0 Å². The van der Waals surface area contributed by atoms with Gasteiger partial charge in [0.05, 0.1) is 0 Å². The van der Waals surface area contributed by atoms with Gasteiger partial charge in [-0.1, -0.05) is 30.3 Å². The van der Waals surface area contributed by atoms with Gasteiger partial charge in [0.2, 0.25) is 5.91 Å². The van der Waals surface area contributed by atoms with E-state index >= 15 is 0 Å². The van der Waals surface area contributed by atoms with Gasteiger partial charge in [0, 0.05) is 45.6 Å². The molecule has 1 amide bonds. The number of aromatic amines is 1. The van der Waals surface area contributed by atoms with Gasteiger partial charge in [-0.05, 0) is 18.4 Å². The minimum absolute atomic E-state index is 0.0176. The van der Waals surface area contributed by atoms with E-state index in [0.29, 0.717) is 12.4 Å². The van der Waals surface area contributed by atoms with Crippen LogP contribution in [0, 0.1) is 0 Å². The molecule has 1 aliphatic rings. The highest BCUT2D eigenvalue weighted by Gasteiger charge is 2.29. The highest BCUT2D eigenvalue weighted by atomic mass is 16.2. The molecule has 1 aliphatic heterocycles. The topological polar surface area (TPSA) is 81.3 Å². The lowest BCUT2D eigenvalue weighted by Crippen LogP contribution is -2.50. The van der Waals surface area contributed by atoms with Crippen LogP contribution in [0.25, 0.3) is 0 Å². The van der Waals surface area contributed by atoms with Crippen LogP contribution in [-0.2, 0) is 4.79 Å². The summed E-state index contributed by atoms with van der Waals surface area (Å²) in [5.74, 6) is 0.457. The number of carbonyl (C=O) groups excluding carboxylic acids is 1. The zero-order valence-corrected chi connectivity index (χ0v) is 15.2. The summed E-state index contributed by atoms with van der Waals surface area (Å²) in [6.45, 7) is 1.43. The van der Waals surface area contributed by atoms with Crippen molar-refractivity contribution < 1.29 is 4.79 Å². The molecule has 0 bridgehead atoms. The second-order valence-corrected chi connectivity index (χ2v) is 6.77. The quantitative estimate of drug-likeness (QED) is 0.841. The number of benzene rings is 1. The van der Waals surface area contributed by atoms with E-state index in [1.165, 1.54) is 6.20 Å². The summed E-state index contributed by atoms with van der Waals surface area (Å²) in [5, 5.41) is 3.50. The number of hydrogen-bond donors (Lipinski definition) is 2. The molecule has 0 radical (unpaired) electrons. The van der Waals surface area contributed by atoms with Crippen LogP contribution in [0.2, 0.25) is 0 Å². The Hall–Kier alpha value is -2.67. The minimum Gasteiger partial charge on any atom is -0.350 e. The van der Waals surface area contributed by atoms with E-state index < -0.39 is 6.04 Å². The molecule has 2 N–H and O–H groups in total. The summed E-state index contributed by atoms with van der Waals surface area (Å²) < 4.78 is 0. The fraction of sp³-hybridized carbons (Fsp3) is 0.421. The monoisotopic (exact) mass is 355 g/mol. The Morgan fingerprint density at radius 1 is 1.35 bits per heavy atom. The molecule has 0 aliphatic carbocycles. The second-order valence-electron chi connectivity index (χ2n) is 6.77. The average molecular weight is 355 g/mol. The zero-order valence-electron chi connectivity index (χ0n) is 15.2. The van der Waals surface area contributed by atoms with Crippen LogP contribution in [0.1, 0.15) is 24.4 Å². The summed E-state index contributed by atoms with van der Waals surface area (Å²) in [5.41, 5.74) is 0.760. The van der Waals surface area contributed by atoms with E-state index in [-0.39, 0.29) is 17.5 Å². The smallest absolute Gasteiger partial charge is 0.290 e. The van der Waals surface area contributed by atoms with Crippen molar-refractivity contribution in [2.45, 2.75) is 24.9 Å². The van der Waals surface area contributed by atoms with Crippen LogP contribution < -0.4 is 15.8 Å². The van der Waals surface area contributed by atoms with Gasteiger partial charge in [-0.15, -0.1) is 0 Å². The average Bonchev–Trinajstić information content (AvgIpc) is 2.67. The van der Waals surface area contributed by atoms with Gasteiger partial charge in [0.1, 0.15) is 6.04 Å². The lowest BCUT2D eigenvalue weighted by molar-refractivity contribution is -0.131. The predicted molar refractivity (Wildman–Crippen MR) is 101 cm³/mol. The molecule has 7 heteroatoms. The standard InChI is InChI=1S/C19H25N5O2/c1-23(2)19(26)16(14-7-4-3-5-8-14)22-15-9-6-12-24(13-15)17-18(25)21-11-10-20-17/h3-5,7-8,10-11,15-16,22H,6,9,12-13H2,1-2H3,(H,21,25)/t15-,16+/m0/s1. The lowest BCUT2D eigenvalue weighted by Gasteiger charge is -2.35. The lowest BCUT2D eigenvalue weighted by atomic mass is 10.0. The summed E-state index contributed by atoms with van der Waals surface area (Å²) in [6.07, 6.45) is 5.01. The molecule has 1 aromatic carbocycles. The Labute approximate surface area is 153 Å². The Balaban J connectivity index is 1.77. The van der Waals surface area contributed by atoms with E-state index in [1.54, 1.807) is 25.2 Å².